The highest BCUT2D eigenvalue weighted by Gasteiger charge is 2.34. The molecule has 0 bridgehead atoms. The lowest BCUT2D eigenvalue weighted by Crippen LogP contribution is -2.33. The Morgan fingerprint density at radius 1 is 1.26 bits per heavy atom. The van der Waals surface area contributed by atoms with Gasteiger partial charge in [0, 0.05) is 13.1 Å². The van der Waals surface area contributed by atoms with E-state index in [2.05, 4.69) is 0 Å². The van der Waals surface area contributed by atoms with Crippen LogP contribution in [0.1, 0.15) is 44.9 Å². The standard InChI is InChI=1S/C14H22N2O2S/c15-9-10-16-13(17)12(19-14(16)18)8-4-7-11-5-2-1-3-6-11/h8,11H,1-7,9-10,15H2/b12-8+. The second-order valence-corrected chi connectivity index (χ2v) is 6.26. The zero-order chi connectivity index (χ0) is 13.7. The Morgan fingerprint density at radius 3 is 2.68 bits per heavy atom. The van der Waals surface area contributed by atoms with Gasteiger partial charge in [-0.1, -0.05) is 38.2 Å². The zero-order valence-corrected chi connectivity index (χ0v) is 12.1. The lowest BCUT2D eigenvalue weighted by Gasteiger charge is -2.20. The Balaban J connectivity index is 1.82. The molecule has 2 amide bonds. The number of rotatable bonds is 5. The quantitative estimate of drug-likeness (QED) is 0.788. The molecule has 0 unspecified atom stereocenters. The van der Waals surface area contributed by atoms with E-state index in [9.17, 15) is 9.59 Å². The van der Waals surface area contributed by atoms with E-state index in [0.717, 1.165) is 30.5 Å². The van der Waals surface area contributed by atoms with Gasteiger partial charge in [0.15, 0.2) is 0 Å². The molecule has 0 radical (unpaired) electrons. The number of nitrogens with zero attached hydrogens (tertiary/aromatic N) is 1. The fourth-order valence-electron chi connectivity index (χ4n) is 2.79. The van der Waals surface area contributed by atoms with E-state index in [1.807, 2.05) is 6.08 Å². The summed E-state index contributed by atoms with van der Waals surface area (Å²) < 4.78 is 0. The first-order valence-corrected chi connectivity index (χ1v) is 7.98. The van der Waals surface area contributed by atoms with Crippen LogP contribution in [0.25, 0.3) is 0 Å². The fourth-order valence-corrected chi connectivity index (χ4v) is 3.66. The van der Waals surface area contributed by atoms with Gasteiger partial charge in [-0.2, -0.15) is 0 Å². The summed E-state index contributed by atoms with van der Waals surface area (Å²) in [7, 11) is 0. The van der Waals surface area contributed by atoms with Gasteiger partial charge >= 0.3 is 0 Å². The Labute approximate surface area is 118 Å². The molecule has 0 spiro atoms. The number of hydrogen-bond acceptors (Lipinski definition) is 4. The third-order valence-electron chi connectivity index (χ3n) is 3.86. The number of hydrogen-bond donors (Lipinski definition) is 1. The van der Waals surface area contributed by atoms with E-state index in [0.29, 0.717) is 18.0 Å². The molecule has 1 aliphatic heterocycles. The summed E-state index contributed by atoms with van der Waals surface area (Å²) >= 11 is 1.05. The van der Waals surface area contributed by atoms with Gasteiger partial charge in [0.05, 0.1) is 4.91 Å². The van der Waals surface area contributed by atoms with Crippen molar-refractivity contribution in [3.8, 4) is 0 Å². The molecule has 19 heavy (non-hydrogen) atoms. The highest BCUT2D eigenvalue weighted by atomic mass is 32.2. The molecule has 0 aromatic heterocycles. The maximum absolute atomic E-state index is 11.9. The maximum Gasteiger partial charge on any atom is 0.293 e. The smallest absolute Gasteiger partial charge is 0.293 e. The van der Waals surface area contributed by atoms with Crippen molar-refractivity contribution in [2.24, 2.45) is 11.7 Å². The first-order chi connectivity index (χ1) is 9.22. The number of nitrogens with two attached hydrogens (primary N) is 1. The summed E-state index contributed by atoms with van der Waals surface area (Å²) in [6.07, 6.45) is 10.7. The Kier molecular flexibility index (Phi) is 5.45. The molecule has 1 aliphatic carbocycles. The van der Waals surface area contributed by atoms with Gasteiger partial charge in [-0.25, -0.2) is 0 Å². The first kappa shape index (κ1) is 14.6. The molecule has 2 aliphatic rings. The van der Waals surface area contributed by atoms with Crippen LogP contribution in [-0.2, 0) is 4.79 Å². The predicted molar refractivity (Wildman–Crippen MR) is 77.6 cm³/mol. The van der Waals surface area contributed by atoms with Gasteiger partial charge in [0.1, 0.15) is 0 Å². The number of carbonyl (C=O) groups is 2. The molecule has 0 aromatic rings. The van der Waals surface area contributed by atoms with Crippen LogP contribution in [-0.4, -0.2) is 29.1 Å². The van der Waals surface area contributed by atoms with Crippen molar-refractivity contribution in [2.45, 2.75) is 44.9 Å². The van der Waals surface area contributed by atoms with Gasteiger partial charge in [-0.15, -0.1) is 0 Å². The number of carbonyl (C=O) groups excluding carboxylic acids is 2. The van der Waals surface area contributed by atoms with Gasteiger partial charge in [-0.05, 0) is 30.5 Å². The van der Waals surface area contributed by atoms with Crippen LogP contribution in [0.15, 0.2) is 11.0 Å². The fraction of sp³-hybridized carbons (Fsp3) is 0.714. The predicted octanol–water partition coefficient (Wildman–Crippen LogP) is 2.88. The summed E-state index contributed by atoms with van der Waals surface area (Å²) in [6, 6.07) is 0. The van der Waals surface area contributed by atoms with E-state index >= 15 is 0 Å². The molecule has 2 N–H and O–H groups in total. The van der Waals surface area contributed by atoms with E-state index in [-0.39, 0.29) is 11.1 Å². The largest absolute Gasteiger partial charge is 0.329 e. The SMILES string of the molecule is NCCN1C(=O)S/C(=C/CCC2CCCCC2)C1=O. The normalized spacial score (nSPS) is 23.6. The molecule has 0 atom stereocenters. The summed E-state index contributed by atoms with van der Waals surface area (Å²) in [5.74, 6) is 0.645. The minimum Gasteiger partial charge on any atom is -0.329 e. The summed E-state index contributed by atoms with van der Waals surface area (Å²) in [5.41, 5.74) is 5.40. The molecular weight excluding hydrogens is 260 g/mol. The minimum absolute atomic E-state index is 0.163. The van der Waals surface area contributed by atoms with Crippen molar-refractivity contribution < 1.29 is 9.59 Å². The second-order valence-electron chi connectivity index (χ2n) is 5.26. The highest BCUT2D eigenvalue weighted by molar-refractivity contribution is 8.18. The highest BCUT2D eigenvalue weighted by Crippen LogP contribution is 2.32. The molecule has 2 rings (SSSR count). The van der Waals surface area contributed by atoms with E-state index in [4.69, 9.17) is 5.73 Å². The van der Waals surface area contributed by atoms with Gasteiger partial charge in [-0.3, -0.25) is 14.5 Å². The van der Waals surface area contributed by atoms with Gasteiger partial charge in [0.25, 0.3) is 11.1 Å². The van der Waals surface area contributed by atoms with E-state index in [1.165, 1.54) is 37.0 Å². The maximum atomic E-state index is 11.9. The molecule has 4 nitrogen and oxygen atoms in total. The molecule has 106 valence electrons. The summed E-state index contributed by atoms with van der Waals surface area (Å²) in [5, 5.41) is -0.181. The van der Waals surface area contributed by atoms with Crippen LogP contribution in [0.5, 0.6) is 0 Å². The van der Waals surface area contributed by atoms with Gasteiger partial charge < -0.3 is 5.73 Å². The number of imide groups is 1. The molecule has 5 heteroatoms. The molecule has 2 fully saturated rings. The van der Waals surface area contributed by atoms with Crippen LogP contribution >= 0.6 is 11.8 Å². The van der Waals surface area contributed by atoms with E-state index < -0.39 is 0 Å². The van der Waals surface area contributed by atoms with Crippen molar-refractivity contribution in [2.75, 3.05) is 13.1 Å². The van der Waals surface area contributed by atoms with Crippen LogP contribution in [0.3, 0.4) is 0 Å². The van der Waals surface area contributed by atoms with E-state index in [1.54, 1.807) is 0 Å². The third kappa shape index (κ3) is 3.83. The topological polar surface area (TPSA) is 63.4 Å². The van der Waals surface area contributed by atoms with Crippen molar-refractivity contribution in [1.82, 2.24) is 4.90 Å². The van der Waals surface area contributed by atoms with Crippen molar-refractivity contribution >= 4 is 22.9 Å². The van der Waals surface area contributed by atoms with Crippen molar-refractivity contribution in [3.05, 3.63) is 11.0 Å². The van der Waals surface area contributed by atoms with Crippen molar-refractivity contribution in [3.63, 3.8) is 0 Å². The van der Waals surface area contributed by atoms with Crippen LogP contribution in [0, 0.1) is 5.92 Å². The number of thioether (sulfide) groups is 1. The Bertz CT molecular complexity index is 376. The van der Waals surface area contributed by atoms with Crippen molar-refractivity contribution in [1.29, 1.82) is 0 Å². The van der Waals surface area contributed by atoms with Crippen LogP contribution in [0.2, 0.25) is 0 Å². The third-order valence-corrected chi connectivity index (χ3v) is 4.81. The molecule has 1 saturated heterocycles. The molecule has 1 saturated carbocycles. The lowest BCUT2D eigenvalue weighted by molar-refractivity contribution is -0.122. The Morgan fingerprint density at radius 2 is 2.00 bits per heavy atom. The molecule has 0 aromatic carbocycles. The number of amides is 2. The summed E-state index contributed by atoms with van der Waals surface area (Å²) in [6.45, 7) is 0.651. The zero-order valence-electron chi connectivity index (χ0n) is 11.3. The average Bonchev–Trinajstić information content (AvgIpc) is 2.68. The monoisotopic (exact) mass is 282 g/mol. The second kappa shape index (κ2) is 7.10. The van der Waals surface area contributed by atoms with Crippen LogP contribution in [0.4, 0.5) is 4.79 Å². The minimum atomic E-state index is -0.181. The first-order valence-electron chi connectivity index (χ1n) is 7.16. The molecular formula is C14H22N2O2S. The Hall–Kier alpha value is -0.810. The van der Waals surface area contributed by atoms with Crippen LogP contribution < -0.4 is 5.73 Å². The van der Waals surface area contributed by atoms with Gasteiger partial charge in [0.2, 0.25) is 0 Å². The lowest BCUT2D eigenvalue weighted by atomic mass is 9.86. The molecule has 1 heterocycles. The summed E-state index contributed by atoms with van der Waals surface area (Å²) in [4.78, 5) is 25.4. The number of allylic oxidation sites excluding steroid dienone is 1. The average molecular weight is 282 g/mol.